The Hall–Kier alpha value is -1.34. The predicted octanol–water partition coefficient (Wildman–Crippen LogP) is 1.31. The van der Waals surface area contributed by atoms with Crippen molar-refractivity contribution in [2.75, 3.05) is 25.9 Å². The molecular formula is C14H20N2O4S. The first-order chi connectivity index (χ1) is 9.92. The Morgan fingerprint density at radius 3 is 2.62 bits per heavy atom. The Morgan fingerprint density at radius 1 is 1.29 bits per heavy atom. The molecule has 3 rings (SSSR count). The first-order valence-electron chi connectivity index (χ1n) is 7.23. The number of rotatable bonds is 2. The summed E-state index contributed by atoms with van der Waals surface area (Å²) in [5.41, 5.74) is -0.423. The van der Waals surface area contributed by atoms with Crippen LogP contribution in [-0.4, -0.2) is 55.0 Å². The molecule has 3 heterocycles. The molecule has 0 aliphatic carbocycles. The molecule has 0 radical (unpaired) electrons. The van der Waals surface area contributed by atoms with Crippen LogP contribution in [0.3, 0.4) is 0 Å². The second kappa shape index (κ2) is 5.14. The number of amides is 1. The van der Waals surface area contributed by atoms with E-state index >= 15 is 0 Å². The molecule has 2 aliphatic rings. The third kappa shape index (κ3) is 2.60. The fourth-order valence-electron chi connectivity index (χ4n) is 3.68. The molecule has 1 amide bonds. The van der Waals surface area contributed by atoms with Crippen molar-refractivity contribution in [3.63, 3.8) is 0 Å². The standard InChI is InChI=1S/C14H20N2O4S/c1-21(18,19)16-9-4-7-14(16)6-3-8-15(11-14)13(17)12-5-2-10-20-12/h2,5,10H,3-4,6-9,11H2,1H3/t14-/m0/s1. The number of hydrogen-bond donors (Lipinski definition) is 0. The van der Waals surface area contributed by atoms with Crippen LogP contribution in [0.1, 0.15) is 36.2 Å². The number of sulfonamides is 1. The monoisotopic (exact) mass is 312 g/mol. The van der Waals surface area contributed by atoms with Crippen LogP contribution in [0, 0.1) is 0 Å². The van der Waals surface area contributed by atoms with Crippen molar-refractivity contribution in [3.8, 4) is 0 Å². The van der Waals surface area contributed by atoms with E-state index in [1.54, 1.807) is 21.3 Å². The fraction of sp³-hybridized carbons (Fsp3) is 0.643. The lowest BCUT2D eigenvalue weighted by atomic mass is 9.87. The van der Waals surface area contributed by atoms with E-state index < -0.39 is 15.6 Å². The Bertz CT molecular complexity index is 625. The van der Waals surface area contributed by atoms with Gasteiger partial charge in [-0.2, -0.15) is 4.31 Å². The number of nitrogens with zero attached hydrogens (tertiary/aromatic N) is 2. The van der Waals surface area contributed by atoms with Crippen molar-refractivity contribution >= 4 is 15.9 Å². The normalized spacial score (nSPS) is 27.4. The van der Waals surface area contributed by atoms with Gasteiger partial charge in [-0.25, -0.2) is 8.42 Å². The molecule has 1 aromatic rings. The topological polar surface area (TPSA) is 70.8 Å². The van der Waals surface area contributed by atoms with Gasteiger partial charge in [0.15, 0.2) is 5.76 Å². The molecule has 0 unspecified atom stereocenters. The van der Waals surface area contributed by atoms with Gasteiger partial charge in [-0.1, -0.05) is 0 Å². The lowest BCUT2D eigenvalue weighted by molar-refractivity contribution is 0.0496. The summed E-state index contributed by atoms with van der Waals surface area (Å²) in [4.78, 5) is 14.1. The summed E-state index contributed by atoms with van der Waals surface area (Å²) in [6.45, 7) is 1.67. The van der Waals surface area contributed by atoms with E-state index in [9.17, 15) is 13.2 Å². The van der Waals surface area contributed by atoms with E-state index in [0.717, 1.165) is 25.7 Å². The van der Waals surface area contributed by atoms with Crippen molar-refractivity contribution in [1.29, 1.82) is 0 Å². The Morgan fingerprint density at radius 2 is 2.00 bits per heavy atom. The summed E-state index contributed by atoms with van der Waals surface area (Å²) in [7, 11) is -3.24. The summed E-state index contributed by atoms with van der Waals surface area (Å²) in [5.74, 6) is 0.162. The Balaban J connectivity index is 1.84. The van der Waals surface area contributed by atoms with Gasteiger partial charge in [-0.05, 0) is 37.8 Å². The first-order valence-corrected chi connectivity index (χ1v) is 9.08. The van der Waals surface area contributed by atoms with Crippen molar-refractivity contribution in [2.45, 2.75) is 31.2 Å². The zero-order valence-electron chi connectivity index (χ0n) is 12.1. The van der Waals surface area contributed by atoms with Crippen LogP contribution in [0.15, 0.2) is 22.8 Å². The third-order valence-electron chi connectivity index (χ3n) is 4.51. The van der Waals surface area contributed by atoms with Gasteiger partial charge in [0, 0.05) is 19.6 Å². The molecule has 116 valence electrons. The summed E-state index contributed by atoms with van der Waals surface area (Å²) >= 11 is 0. The first kappa shape index (κ1) is 14.6. The highest BCUT2D eigenvalue weighted by Crippen LogP contribution is 2.39. The minimum atomic E-state index is -3.24. The number of hydrogen-bond acceptors (Lipinski definition) is 4. The molecule has 0 saturated carbocycles. The van der Waals surface area contributed by atoms with Gasteiger partial charge in [0.2, 0.25) is 10.0 Å². The van der Waals surface area contributed by atoms with E-state index in [1.165, 1.54) is 12.5 Å². The van der Waals surface area contributed by atoms with Gasteiger partial charge in [0.05, 0.1) is 18.1 Å². The molecule has 7 heteroatoms. The van der Waals surface area contributed by atoms with Crippen molar-refractivity contribution in [1.82, 2.24) is 9.21 Å². The number of carbonyl (C=O) groups excluding carboxylic acids is 1. The minimum absolute atomic E-state index is 0.153. The van der Waals surface area contributed by atoms with Crippen molar-refractivity contribution in [2.24, 2.45) is 0 Å². The highest BCUT2D eigenvalue weighted by Gasteiger charge is 2.48. The van der Waals surface area contributed by atoms with E-state index in [-0.39, 0.29) is 5.91 Å². The van der Waals surface area contributed by atoms with Crippen LogP contribution in [0.5, 0.6) is 0 Å². The molecule has 21 heavy (non-hydrogen) atoms. The molecule has 2 fully saturated rings. The highest BCUT2D eigenvalue weighted by atomic mass is 32.2. The van der Waals surface area contributed by atoms with Crippen molar-refractivity contribution < 1.29 is 17.6 Å². The maximum Gasteiger partial charge on any atom is 0.289 e. The van der Waals surface area contributed by atoms with Crippen molar-refractivity contribution in [3.05, 3.63) is 24.2 Å². The van der Waals surface area contributed by atoms with Gasteiger partial charge >= 0.3 is 0 Å². The minimum Gasteiger partial charge on any atom is -0.459 e. The average Bonchev–Trinajstić information content (AvgIpc) is 3.07. The quantitative estimate of drug-likeness (QED) is 0.825. The molecule has 2 aliphatic heterocycles. The smallest absolute Gasteiger partial charge is 0.289 e. The molecule has 0 bridgehead atoms. The summed E-state index contributed by atoms with van der Waals surface area (Å²) in [6, 6.07) is 3.33. The van der Waals surface area contributed by atoms with Crippen LogP contribution in [0.2, 0.25) is 0 Å². The Labute approximate surface area is 124 Å². The predicted molar refractivity (Wildman–Crippen MR) is 77.4 cm³/mol. The van der Waals surface area contributed by atoms with Crippen LogP contribution < -0.4 is 0 Å². The summed E-state index contributed by atoms with van der Waals surface area (Å²) in [5, 5.41) is 0. The molecule has 1 aromatic heterocycles. The van der Waals surface area contributed by atoms with Gasteiger partial charge in [0.25, 0.3) is 5.91 Å². The SMILES string of the molecule is CS(=O)(=O)N1CCC[C@]12CCCN(C(=O)c1ccco1)C2. The van der Waals surface area contributed by atoms with Crippen LogP contribution in [0.25, 0.3) is 0 Å². The van der Waals surface area contributed by atoms with E-state index in [2.05, 4.69) is 0 Å². The zero-order chi connectivity index (χ0) is 15.1. The molecule has 2 saturated heterocycles. The number of carbonyl (C=O) groups is 1. The number of furan rings is 1. The van der Waals surface area contributed by atoms with Gasteiger partial charge < -0.3 is 9.32 Å². The lowest BCUT2D eigenvalue weighted by Gasteiger charge is -2.44. The second-order valence-electron chi connectivity index (χ2n) is 5.97. The maximum atomic E-state index is 12.4. The van der Waals surface area contributed by atoms with Crippen LogP contribution in [0.4, 0.5) is 0 Å². The van der Waals surface area contributed by atoms with Gasteiger partial charge in [0.1, 0.15) is 0 Å². The summed E-state index contributed by atoms with van der Waals surface area (Å²) < 4.78 is 30.8. The summed E-state index contributed by atoms with van der Waals surface area (Å²) in [6.07, 6.45) is 6.05. The molecule has 0 aromatic carbocycles. The van der Waals surface area contributed by atoms with Crippen LogP contribution in [-0.2, 0) is 10.0 Å². The molecule has 6 nitrogen and oxygen atoms in total. The average molecular weight is 312 g/mol. The van der Waals surface area contributed by atoms with E-state index in [4.69, 9.17) is 4.42 Å². The lowest BCUT2D eigenvalue weighted by Crippen LogP contribution is -2.58. The third-order valence-corrected chi connectivity index (χ3v) is 5.88. The van der Waals surface area contributed by atoms with Gasteiger partial charge in [-0.15, -0.1) is 0 Å². The molecule has 1 spiro atoms. The number of likely N-dealkylation sites (tertiary alicyclic amines) is 1. The van der Waals surface area contributed by atoms with E-state index in [1.807, 2.05) is 0 Å². The second-order valence-corrected chi connectivity index (χ2v) is 7.88. The highest BCUT2D eigenvalue weighted by molar-refractivity contribution is 7.88. The fourth-order valence-corrected chi connectivity index (χ4v) is 5.09. The van der Waals surface area contributed by atoms with Gasteiger partial charge in [-0.3, -0.25) is 4.79 Å². The molecule has 0 N–H and O–H groups in total. The molecule has 1 atom stereocenters. The van der Waals surface area contributed by atoms with E-state index in [0.29, 0.717) is 25.4 Å². The van der Waals surface area contributed by atoms with Crippen LogP contribution >= 0.6 is 0 Å². The largest absolute Gasteiger partial charge is 0.459 e. The maximum absolute atomic E-state index is 12.4. The zero-order valence-corrected chi connectivity index (χ0v) is 12.9. The molecular weight excluding hydrogens is 292 g/mol. The Kier molecular flexibility index (Phi) is 3.57. The number of piperidine rings is 1.